The van der Waals surface area contributed by atoms with E-state index in [1.54, 1.807) is 12.1 Å². The van der Waals surface area contributed by atoms with Gasteiger partial charge in [-0.1, -0.05) is 39.8 Å². The molecule has 0 spiro atoms. The fraction of sp³-hybridized carbons (Fsp3) is 0.538. The number of benzene rings is 1. The summed E-state index contributed by atoms with van der Waals surface area (Å²) >= 11 is 0. The van der Waals surface area contributed by atoms with Crippen molar-refractivity contribution in [3.8, 4) is 0 Å². The monoisotopic (exact) mass is 205 g/mol. The molecule has 1 rings (SSSR count). The molecule has 0 fully saturated rings. The molecule has 0 aliphatic heterocycles. The molecule has 0 N–H and O–H groups in total. The lowest BCUT2D eigenvalue weighted by atomic mass is 9.80. The van der Waals surface area contributed by atoms with E-state index < -0.39 is 0 Å². The highest BCUT2D eigenvalue weighted by atomic mass is 16.3. The summed E-state index contributed by atoms with van der Waals surface area (Å²) in [6.45, 7) is 8.93. The molecule has 0 aromatic heterocycles. The van der Waals surface area contributed by atoms with Crippen LogP contribution >= 0.6 is 0 Å². The first-order valence-electron chi connectivity index (χ1n) is 5.49. The second-order valence-electron chi connectivity index (χ2n) is 4.70. The highest BCUT2D eigenvalue weighted by molar-refractivity contribution is 5.39. The summed E-state index contributed by atoms with van der Waals surface area (Å²) in [6, 6.07) is 7.61. The van der Waals surface area contributed by atoms with Crippen molar-refractivity contribution in [1.82, 2.24) is 0 Å². The molecule has 0 saturated carbocycles. The van der Waals surface area contributed by atoms with Gasteiger partial charge < -0.3 is 0 Å². The summed E-state index contributed by atoms with van der Waals surface area (Å²) < 4.78 is 0. The Morgan fingerprint density at radius 1 is 0.933 bits per heavy atom. The zero-order valence-corrected chi connectivity index (χ0v) is 9.90. The molecule has 1 aromatic rings. The van der Waals surface area contributed by atoms with Crippen molar-refractivity contribution < 1.29 is 0 Å². The minimum Gasteiger partial charge on any atom is -0.145 e. The average molecular weight is 205 g/mol. The SMILES string of the molecule is CC(C)C(c1ccc(N=O)cc1)C(C)C. The largest absolute Gasteiger partial charge is 0.145 e. The van der Waals surface area contributed by atoms with Crippen LogP contribution in [0.4, 0.5) is 5.69 Å². The number of nitrogens with zero attached hydrogens (tertiary/aromatic N) is 1. The third-order valence-corrected chi connectivity index (χ3v) is 2.82. The Morgan fingerprint density at radius 3 is 1.73 bits per heavy atom. The van der Waals surface area contributed by atoms with E-state index in [0.29, 0.717) is 23.4 Å². The molecule has 15 heavy (non-hydrogen) atoms. The van der Waals surface area contributed by atoms with Crippen molar-refractivity contribution in [2.45, 2.75) is 33.6 Å². The second kappa shape index (κ2) is 5.06. The lowest BCUT2D eigenvalue weighted by Crippen LogP contribution is -2.13. The van der Waals surface area contributed by atoms with E-state index in [1.165, 1.54) is 5.56 Å². The van der Waals surface area contributed by atoms with Crippen LogP contribution in [0, 0.1) is 16.7 Å². The van der Waals surface area contributed by atoms with E-state index >= 15 is 0 Å². The number of hydrogen-bond donors (Lipinski definition) is 0. The van der Waals surface area contributed by atoms with Gasteiger partial charge in [-0.25, -0.2) is 0 Å². The van der Waals surface area contributed by atoms with E-state index in [9.17, 15) is 4.91 Å². The van der Waals surface area contributed by atoms with Crippen molar-refractivity contribution >= 4 is 5.69 Å². The Morgan fingerprint density at radius 2 is 1.40 bits per heavy atom. The van der Waals surface area contributed by atoms with E-state index in [0.717, 1.165) is 0 Å². The van der Waals surface area contributed by atoms with Crippen LogP contribution < -0.4 is 0 Å². The van der Waals surface area contributed by atoms with Gasteiger partial charge in [0.2, 0.25) is 0 Å². The predicted molar refractivity (Wildman–Crippen MR) is 64.3 cm³/mol. The van der Waals surface area contributed by atoms with Crippen molar-refractivity contribution in [3.63, 3.8) is 0 Å². The summed E-state index contributed by atoms with van der Waals surface area (Å²) in [4.78, 5) is 10.3. The minimum atomic E-state index is 0.505. The van der Waals surface area contributed by atoms with E-state index in [-0.39, 0.29) is 0 Å². The standard InChI is InChI=1S/C13H19NO/c1-9(2)13(10(3)4)11-5-7-12(14-15)8-6-11/h5-10,13H,1-4H3. The van der Waals surface area contributed by atoms with Gasteiger partial charge in [0, 0.05) is 0 Å². The number of nitroso groups, excluding NO2 is 1. The molecule has 0 heterocycles. The van der Waals surface area contributed by atoms with Crippen molar-refractivity contribution in [2.24, 2.45) is 17.0 Å². The Labute approximate surface area is 91.7 Å². The topological polar surface area (TPSA) is 29.4 Å². The molecule has 0 aliphatic rings. The highest BCUT2D eigenvalue weighted by Crippen LogP contribution is 2.32. The Balaban J connectivity index is 2.96. The summed E-state index contributed by atoms with van der Waals surface area (Å²) in [5, 5.41) is 2.91. The molecule has 2 nitrogen and oxygen atoms in total. The first-order chi connectivity index (χ1) is 7.06. The van der Waals surface area contributed by atoms with Crippen LogP contribution in [0.5, 0.6) is 0 Å². The second-order valence-corrected chi connectivity index (χ2v) is 4.70. The van der Waals surface area contributed by atoms with Crippen LogP contribution in [0.3, 0.4) is 0 Å². The van der Waals surface area contributed by atoms with Crippen LogP contribution in [-0.2, 0) is 0 Å². The molecule has 0 radical (unpaired) electrons. The lowest BCUT2D eigenvalue weighted by molar-refractivity contribution is 0.388. The molecule has 0 amide bonds. The quantitative estimate of drug-likeness (QED) is 0.666. The zero-order valence-electron chi connectivity index (χ0n) is 9.90. The molecule has 0 unspecified atom stereocenters. The maximum Gasteiger partial charge on any atom is 0.108 e. The average Bonchev–Trinajstić information content (AvgIpc) is 2.18. The molecular formula is C13H19NO. The maximum absolute atomic E-state index is 10.3. The van der Waals surface area contributed by atoms with Gasteiger partial charge in [0.05, 0.1) is 0 Å². The van der Waals surface area contributed by atoms with Crippen LogP contribution in [0.1, 0.15) is 39.2 Å². The molecule has 82 valence electrons. The van der Waals surface area contributed by atoms with Crippen molar-refractivity contribution in [1.29, 1.82) is 0 Å². The van der Waals surface area contributed by atoms with Crippen LogP contribution in [0.25, 0.3) is 0 Å². The van der Waals surface area contributed by atoms with E-state index in [1.807, 2.05) is 12.1 Å². The van der Waals surface area contributed by atoms with Gasteiger partial charge in [0.1, 0.15) is 5.69 Å². The van der Waals surface area contributed by atoms with E-state index in [2.05, 4.69) is 32.9 Å². The first-order valence-corrected chi connectivity index (χ1v) is 5.49. The third kappa shape index (κ3) is 2.88. The molecule has 0 saturated heterocycles. The summed E-state index contributed by atoms with van der Waals surface area (Å²) in [5.41, 5.74) is 1.80. The van der Waals surface area contributed by atoms with E-state index in [4.69, 9.17) is 0 Å². The molecule has 2 heteroatoms. The van der Waals surface area contributed by atoms with Gasteiger partial charge in [0.15, 0.2) is 0 Å². The van der Waals surface area contributed by atoms with Crippen LogP contribution in [0.2, 0.25) is 0 Å². The molecule has 0 aliphatic carbocycles. The number of rotatable bonds is 4. The smallest absolute Gasteiger partial charge is 0.108 e. The van der Waals surface area contributed by atoms with Gasteiger partial charge >= 0.3 is 0 Å². The van der Waals surface area contributed by atoms with Crippen LogP contribution in [0.15, 0.2) is 29.4 Å². The van der Waals surface area contributed by atoms with Crippen molar-refractivity contribution in [2.75, 3.05) is 0 Å². The third-order valence-electron chi connectivity index (χ3n) is 2.82. The molecule has 1 aromatic carbocycles. The molecule has 0 atom stereocenters. The van der Waals surface area contributed by atoms with Gasteiger partial charge in [-0.2, -0.15) is 0 Å². The van der Waals surface area contributed by atoms with Gasteiger partial charge in [-0.3, -0.25) is 0 Å². The fourth-order valence-corrected chi connectivity index (χ4v) is 2.30. The predicted octanol–water partition coefficient (Wildman–Crippen LogP) is 4.48. The first kappa shape index (κ1) is 11.9. The normalized spacial score (nSPS) is 11.4. The fourth-order valence-electron chi connectivity index (χ4n) is 2.30. The van der Waals surface area contributed by atoms with Gasteiger partial charge in [0.25, 0.3) is 0 Å². The summed E-state index contributed by atoms with van der Waals surface area (Å²) in [5.74, 6) is 1.77. The molecule has 0 bridgehead atoms. The lowest BCUT2D eigenvalue weighted by Gasteiger charge is -2.25. The minimum absolute atomic E-state index is 0.505. The van der Waals surface area contributed by atoms with Crippen LogP contribution in [-0.4, -0.2) is 0 Å². The zero-order chi connectivity index (χ0) is 11.4. The molecular weight excluding hydrogens is 186 g/mol. The number of hydrogen-bond acceptors (Lipinski definition) is 2. The maximum atomic E-state index is 10.3. The van der Waals surface area contributed by atoms with Crippen molar-refractivity contribution in [3.05, 3.63) is 34.7 Å². The van der Waals surface area contributed by atoms with Gasteiger partial charge in [-0.15, -0.1) is 4.91 Å². The van der Waals surface area contributed by atoms with Gasteiger partial charge in [-0.05, 0) is 40.6 Å². The summed E-state index contributed by atoms with van der Waals surface area (Å²) in [6.07, 6.45) is 0. The Bertz CT molecular complexity index is 306. The summed E-state index contributed by atoms with van der Waals surface area (Å²) in [7, 11) is 0. The highest BCUT2D eigenvalue weighted by Gasteiger charge is 2.19. The Hall–Kier alpha value is -1.18. The Kier molecular flexibility index (Phi) is 4.01.